The number of aliphatic hydroxyl groups excluding tert-OH is 1. The van der Waals surface area contributed by atoms with Crippen LogP contribution in [0.2, 0.25) is 0 Å². The van der Waals surface area contributed by atoms with Crippen LogP contribution in [0.4, 0.5) is 0 Å². The maximum absolute atomic E-state index is 10.5. The van der Waals surface area contributed by atoms with Crippen LogP contribution in [0.1, 0.15) is 22.1 Å². The fourth-order valence-electron chi connectivity index (χ4n) is 2.27. The molecule has 2 heterocycles. The van der Waals surface area contributed by atoms with Gasteiger partial charge in [0.2, 0.25) is 0 Å². The summed E-state index contributed by atoms with van der Waals surface area (Å²) in [6.45, 7) is 0.695. The van der Waals surface area contributed by atoms with Crippen LogP contribution in [0.15, 0.2) is 29.6 Å². The van der Waals surface area contributed by atoms with Gasteiger partial charge in [-0.2, -0.15) is 0 Å². The number of methoxy groups -OCH3 is 1. The van der Waals surface area contributed by atoms with Gasteiger partial charge in [-0.05, 0) is 17.0 Å². The first kappa shape index (κ1) is 11.6. The molecular formula is C14H14O3S. The number of ether oxygens (including phenoxy) is 2. The molecule has 0 fully saturated rings. The lowest BCUT2D eigenvalue weighted by Gasteiger charge is -2.14. The van der Waals surface area contributed by atoms with Gasteiger partial charge in [-0.3, -0.25) is 0 Å². The highest BCUT2D eigenvalue weighted by molar-refractivity contribution is 7.10. The molecule has 0 spiro atoms. The number of aliphatic hydroxyl groups is 1. The largest absolute Gasteiger partial charge is 0.495 e. The van der Waals surface area contributed by atoms with Crippen molar-refractivity contribution >= 4 is 11.3 Å². The normalized spacial score (nSPS) is 15.0. The molecule has 0 aliphatic carbocycles. The van der Waals surface area contributed by atoms with E-state index < -0.39 is 6.10 Å². The van der Waals surface area contributed by atoms with E-state index >= 15 is 0 Å². The fraction of sp³-hybridized carbons (Fsp3) is 0.286. The van der Waals surface area contributed by atoms with Crippen molar-refractivity contribution < 1.29 is 14.6 Å². The Labute approximate surface area is 110 Å². The predicted molar refractivity (Wildman–Crippen MR) is 70.6 cm³/mol. The number of rotatable bonds is 3. The van der Waals surface area contributed by atoms with Crippen molar-refractivity contribution in [3.05, 3.63) is 45.6 Å². The molecule has 4 heteroatoms. The Morgan fingerprint density at radius 1 is 1.39 bits per heavy atom. The van der Waals surface area contributed by atoms with Crippen molar-refractivity contribution in [1.82, 2.24) is 0 Å². The molecule has 2 aromatic rings. The molecule has 1 aliphatic rings. The molecule has 0 radical (unpaired) electrons. The molecule has 1 atom stereocenters. The van der Waals surface area contributed by atoms with Crippen LogP contribution in [0, 0.1) is 0 Å². The summed E-state index contributed by atoms with van der Waals surface area (Å²) in [6.07, 6.45) is 0.227. The van der Waals surface area contributed by atoms with E-state index in [1.54, 1.807) is 7.11 Å². The van der Waals surface area contributed by atoms with Crippen molar-refractivity contribution in [3.63, 3.8) is 0 Å². The minimum atomic E-state index is -0.687. The first-order valence-electron chi connectivity index (χ1n) is 5.85. The Kier molecular flexibility index (Phi) is 2.97. The fourth-order valence-corrected chi connectivity index (χ4v) is 3.14. The van der Waals surface area contributed by atoms with Crippen molar-refractivity contribution in [2.75, 3.05) is 13.7 Å². The average molecular weight is 262 g/mol. The van der Waals surface area contributed by atoms with Crippen LogP contribution >= 0.6 is 11.3 Å². The molecule has 18 heavy (non-hydrogen) atoms. The number of hydrogen-bond acceptors (Lipinski definition) is 4. The second kappa shape index (κ2) is 4.63. The molecule has 1 aromatic heterocycles. The monoisotopic (exact) mass is 262 g/mol. The van der Waals surface area contributed by atoms with E-state index in [2.05, 4.69) is 0 Å². The van der Waals surface area contributed by atoms with E-state index in [1.165, 1.54) is 16.9 Å². The van der Waals surface area contributed by atoms with Gasteiger partial charge in [-0.25, -0.2) is 0 Å². The molecule has 0 amide bonds. The van der Waals surface area contributed by atoms with Crippen molar-refractivity contribution in [1.29, 1.82) is 0 Å². The lowest BCUT2D eigenvalue weighted by molar-refractivity contribution is 0.213. The maximum atomic E-state index is 10.5. The summed E-state index contributed by atoms with van der Waals surface area (Å²) in [6, 6.07) is 7.79. The summed E-state index contributed by atoms with van der Waals surface area (Å²) in [4.78, 5) is 0.821. The summed E-state index contributed by atoms with van der Waals surface area (Å²) in [7, 11) is 1.62. The van der Waals surface area contributed by atoms with Crippen LogP contribution in [0.5, 0.6) is 11.5 Å². The highest BCUT2D eigenvalue weighted by atomic mass is 32.1. The lowest BCUT2D eigenvalue weighted by Crippen LogP contribution is -2.01. The van der Waals surface area contributed by atoms with Crippen LogP contribution < -0.4 is 9.47 Å². The van der Waals surface area contributed by atoms with E-state index in [0.29, 0.717) is 6.61 Å². The number of benzene rings is 1. The SMILES string of the molecule is COc1ccsc1C(O)c1cccc2c1OCC2. The van der Waals surface area contributed by atoms with Gasteiger partial charge < -0.3 is 14.6 Å². The Morgan fingerprint density at radius 2 is 2.28 bits per heavy atom. The van der Waals surface area contributed by atoms with Gasteiger partial charge in [0.1, 0.15) is 17.6 Å². The quantitative estimate of drug-likeness (QED) is 0.924. The van der Waals surface area contributed by atoms with E-state index in [9.17, 15) is 5.11 Å². The Morgan fingerprint density at radius 3 is 3.11 bits per heavy atom. The molecule has 3 nitrogen and oxygen atoms in total. The first-order valence-corrected chi connectivity index (χ1v) is 6.73. The standard InChI is InChI=1S/C14H14O3S/c1-16-11-6-8-18-14(11)12(15)10-4-2-3-9-5-7-17-13(9)10/h2-4,6,8,12,15H,5,7H2,1H3. The van der Waals surface area contributed by atoms with Crippen LogP contribution in [0.25, 0.3) is 0 Å². The Bertz CT molecular complexity index is 562. The third-order valence-corrected chi connectivity index (χ3v) is 4.12. The van der Waals surface area contributed by atoms with Gasteiger partial charge >= 0.3 is 0 Å². The summed E-state index contributed by atoms with van der Waals surface area (Å²) < 4.78 is 10.9. The molecule has 1 aromatic carbocycles. The Hall–Kier alpha value is -1.52. The maximum Gasteiger partial charge on any atom is 0.135 e. The van der Waals surface area contributed by atoms with Crippen LogP contribution in [0.3, 0.4) is 0 Å². The lowest BCUT2D eigenvalue weighted by atomic mass is 10.0. The second-order valence-corrected chi connectivity index (χ2v) is 5.14. The molecule has 0 saturated carbocycles. The van der Waals surface area contributed by atoms with Gasteiger partial charge in [-0.15, -0.1) is 11.3 Å². The zero-order valence-electron chi connectivity index (χ0n) is 10.1. The zero-order valence-corrected chi connectivity index (χ0v) is 10.9. The first-order chi connectivity index (χ1) is 8.81. The Balaban J connectivity index is 2.03. The smallest absolute Gasteiger partial charge is 0.135 e. The highest BCUT2D eigenvalue weighted by Gasteiger charge is 2.24. The van der Waals surface area contributed by atoms with Crippen molar-refractivity contribution in [2.24, 2.45) is 0 Å². The van der Waals surface area contributed by atoms with Gasteiger partial charge in [0.25, 0.3) is 0 Å². The van der Waals surface area contributed by atoms with Gasteiger partial charge in [0, 0.05) is 12.0 Å². The van der Waals surface area contributed by atoms with Crippen molar-refractivity contribution in [2.45, 2.75) is 12.5 Å². The van der Waals surface area contributed by atoms with E-state index in [0.717, 1.165) is 28.4 Å². The molecular weight excluding hydrogens is 248 g/mol. The number of hydrogen-bond donors (Lipinski definition) is 1. The van der Waals surface area contributed by atoms with E-state index in [-0.39, 0.29) is 0 Å². The van der Waals surface area contributed by atoms with Crippen molar-refractivity contribution in [3.8, 4) is 11.5 Å². The molecule has 1 aliphatic heterocycles. The third kappa shape index (κ3) is 1.78. The minimum Gasteiger partial charge on any atom is -0.495 e. The van der Waals surface area contributed by atoms with E-state index in [1.807, 2.05) is 29.6 Å². The average Bonchev–Trinajstić information content (AvgIpc) is 3.05. The molecule has 1 N–H and O–H groups in total. The predicted octanol–water partition coefficient (Wildman–Crippen LogP) is 2.77. The molecule has 3 rings (SSSR count). The zero-order chi connectivity index (χ0) is 12.5. The van der Waals surface area contributed by atoms with Gasteiger partial charge in [0.05, 0.1) is 18.6 Å². The summed E-state index contributed by atoms with van der Waals surface area (Å²) in [5.41, 5.74) is 1.99. The molecule has 94 valence electrons. The third-order valence-electron chi connectivity index (χ3n) is 3.16. The summed E-state index contributed by atoms with van der Waals surface area (Å²) >= 11 is 1.49. The van der Waals surface area contributed by atoms with Crippen LogP contribution in [-0.2, 0) is 6.42 Å². The topological polar surface area (TPSA) is 38.7 Å². The second-order valence-electron chi connectivity index (χ2n) is 4.19. The van der Waals surface area contributed by atoms with E-state index in [4.69, 9.17) is 9.47 Å². The number of fused-ring (bicyclic) bond motifs is 1. The minimum absolute atomic E-state index is 0.687. The number of thiophene rings is 1. The number of para-hydroxylation sites is 1. The van der Waals surface area contributed by atoms with Gasteiger partial charge in [0.15, 0.2) is 0 Å². The van der Waals surface area contributed by atoms with Gasteiger partial charge in [-0.1, -0.05) is 18.2 Å². The molecule has 0 bridgehead atoms. The molecule has 1 unspecified atom stereocenters. The summed E-state index contributed by atoms with van der Waals surface area (Å²) in [5, 5.41) is 12.4. The van der Waals surface area contributed by atoms with Crippen LogP contribution in [-0.4, -0.2) is 18.8 Å². The molecule has 0 saturated heterocycles. The highest BCUT2D eigenvalue weighted by Crippen LogP contribution is 2.40. The summed E-state index contributed by atoms with van der Waals surface area (Å²) in [5.74, 6) is 1.56.